The van der Waals surface area contributed by atoms with E-state index >= 15 is 0 Å². The molecule has 0 saturated carbocycles. The molecular weight excluding hydrogens is 352 g/mol. The monoisotopic (exact) mass is 390 g/mol. The van der Waals surface area contributed by atoms with Gasteiger partial charge in [0.2, 0.25) is 11.6 Å². The molecule has 1 N–H and O–H groups in total. The molecule has 5 heterocycles. The van der Waals surface area contributed by atoms with E-state index in [-0.39, 0.29) is 5.79 Å². The van der Waals surface area contributed by atoms with Gasteiger partial charge in [-0.3, -0.25) is 15.1 Å². The van der Waals surface area contributed by atoms with E-state index in [0.717, 1.165) is 52.3 Å². The van der Waals surface area contributed by atoms with E-state index in [1.165, 1.54) is 51.6 Å². The number of ether oxygens (including phenoxy) is 1. The molecule has 0 spiro atoms. The highest BCUT2D eigenvalue weighted by molar-refractivity contribution is 5.13. The second-order valence-electron chi connectivity index (χ2n) is 8.92. The van der Waals surface area contributed by atoms with Crippen molar-refractivity contribution in [3.8, 4) is 0 Å². The van der Waals surface area contributed by atoms with Crippen LogP contribution in [0.25, 0.3) is 0 Å². The lowest BCUT2D eigenvalue weighted by Gasteiger charge is -2.69. The molecule has 7 nitrogen and oxygen atoms in total. The van der Waals surface area contributed by atoms with Crippen LogP contribution in [-0.2, 0) is 4.74 Å². The normalized spacial score (nSPS) is 39.0. The summed E-state index contributed by atoms with van der Waals surface area (Å²) in [5.74, 6) is -0.818. The molecule has 0 aromatic heterocycles. The highest BCUT2D eigenvalue weighted by atomic mass is 16.5. The maximum Gasteiger partial charge on any atom is 0.231 e. The first kappa shape index (κ1) is 19.3. The molecule has 0 aliphatic carbocycles. The summed E-state index contributed by atoms with van der Waals surface area (Å²) >= 11 is 0. The van der Waals surface area contributed by atoms with Crippen molar-refractivity contribution >= 4 is 0 Å². The van der Waals surface area contributed by atoms with Gasteiger partial charge in [-0.15, -0.1) is 0 Å². The summed E-state index contributed by atoms with van der Waals surface area (Å²) in [6.45, 7) is 9.69. The van der Waals surface area contributed by atoms with Crippen LogP contribution >= 0.6 is 0 Å². The van der Waals surface area contributed by atoms with Crippen molar-refractivity contribution in [2.75, 3.05) is 66.0 Å². The average Bonchev–Trinajstić information content (AvgIpc) is 3.41. The predicted octanol–water partition coefficient (Wildman–Crippen LogP) is 1.27. The fourth-order valence-corrected chi connectivity index (χ4v) is 6.18. The number of morpholine rings is 1. The van der Waals surface area contributed by atoms with Gasteiger partial charge in [0.05, 0.1) is 6.61 Å². The molecule has 0 amide bonds. The van der Waals surface area contributed by atoms with Gasteiger partial charge in [0.1, 0.15) is 0 Å². The standard InChI is InChI=1S/C21H38N6O/c1-22-20(23-14-9-15-23)21(24-10-5-6-11-24,25-12-7-8-13-25)27(18-19-28-20)26-16-3-2-4-17-26/h5,10,22H,2-4,6-9,11-19H2,1H3. The molecule has 7 heteroatoms. The van der Waals surface area contributed by atoms with E-state index in [9.17, 15) is 0 Å². The van der Waals surface area contributed by atoms with Crippen molar-refractivity contribution in [1.29, 1.82) is 0 Å². The third kappa shape index (κ3) is 2.71. The fraction of sp³-hybridized carbons (Fsp3) is 0.905. The zero-order chi connectivity index (χ0) is 19.0. The quantitative estimate of drug-likeness (QED) is 0.758. The first-order valence-electron chi connectivity index (χ1n) is 11.6. The number of rotatable bonds is 5. The highest BCUT2D eigenvalue weighted by Crippen LogP contribution is 2.47. The van der Waals surface area contributed by atoms with Crippen molar-refractivity contribution in [3.05, 3.63) is 12.3 Å². The summed E-state index contributed by atoms with van der Waals surface area (Å²) < 4.78 is 6.81. The van der Waals surface area contributed by atoms with Gasteiger partial charge in [0.25, 0.3) is 0 Å². The average molecular weight is 391 g/mol. The summed E-state index contributed by atoms with van der Waals surface area (Å²) in [6, 6.07) is 0. The van der Waals surface area contributed by atoms with Gasteiger partial charge < -0.3 is 9.64 Å². The Morgan fingerprint density at radius 1 is 0.786 bits per heavy atom. The largest absolute Gasteiger partial charge is 0.341 e. The molecule has 5 aliphatic heterocycles. The Bertz CT molecular complexity index is 571. The van der Waals surface area contributed by atoms with E-state index in [2.05, 4.69) is 49.4 Å². The molecule has 5 rings (SSSR count). The molecule has 0 aromatic rings. The van der Waals surface area contributed by atoms with Crippen LogP contribution in [-0.4, -0.2) is 102 Å². The zero-order valence-corrected chi connectivity index (χ0v) is 17.6. The van der Waals surface area contributed by atoms with Crippen LogP contribution in [0.3, 0.4) is 0 Å². The molecule has 2 unspecified atom stereocenters. The number of likely N-dealkylation sites (N-methyl/N-ethyl adjacent to an activating group) is 1. The number of likely N-dealkylation sites (tertiary alicyclic amines) is 2. The van der Waals surface area contributed by atoms with E-state index in [1.54, 1.807) is 0 Å². The Hall–Kier alpha value is -0.700. The van der Waals surface area contributed by atoms with Crippen LogP contribution < -0.4 is 5.32 Å². The Balaban J connectivity index is 1.65. The maximum absolute atomic E-state index is 6.81. The lowest BCUT2D eigenvalue weighted by atomic mass is 9.99. The van der Waals surface area contributed by atoms with Crippen molar-refractivity contribution in [2.45, 2.75) is 56.6 Å². The number of nitrogens with one attached hydrogen (secondary N) is 1. The van der Waals surface area contributed by atoms with Crippen molar-refractivity contribution < 1.29 is 4.74 Å². The smallest absolute Gasteiger partial charge is 0.231 e. The van der Waals surface area contributed by atoms with Crippen LogP contribution in [0.5, 0.6) is 0 Å². The van der Waals surface area contributed by atoms with E-state index < -0.39 is 5.85 Å². The Morgan fingerprint density at radius 2 is 1.50 bits per heavy atom. The summed E-state index contributed by atoms with van der Waals surface area (Å²) in [4.78, 5) is 7.92. The van der Waals surface area contributed by atoms with Gasteiger partial charge in [-0.25, -0.2) is 5.01 Å². The van der Waals surface area contributed by atoms with Gasteiger partial charge in [0, 0.05) is 52.4 Å². The number of nitrogens with zero attached hydrogens (tertiary/aromatic N) is 5. The molecule has 5 aliphatic rings. The minimum atomic E-state index is -0.500. The second kappa shape index (κ2) is 7.85. The van der Waals surface area contributed by atoms with Gasteiger partial charge in [-0.2, -0.15) is 5.01 Å². The van der Waals surface area contributed by atoms with Crippen LogP contribution in [0.2, 0.25) is 0 Å². The van der Waals surface area contributed by atoms with Gasteiger partial charge in [-0.1, -0.05) is 12.5 Å². The fourth-order valence-electron chi connectivity index (χ4n) is 6.18. The van der Waals surface area contributed by atoms with Gasteiger partial charge in [-0.05, 0) is 51.8 Å². The SMILES string of the molecule is CNC1(N2CCC2)OCCN(N2CCCCC2)C1(N1C=CCC1)N1CCCC1. The van der Waals surface area contributed by atoms with Gasteiger partial charge >= 0.3 is 0 Å². The minimum Gasteiger partial charge on any atom is -0.341 e. The van der Waals surface area contributed by atoms with Crippen molar-refractivity contribution in [1.82, 2.24) is 30.0 Å². The predicted molar refractivity (Wildman–Crippen MR) is 110 cm³/mol. The number of piperidine rings is 1. The minimum absolute atomic E-state index is 0.318. The molecule has 28 heavy (non-hydrogen) atoms. The number of hydrazine groups is 1. The molecule has 0 aromatic carbocycles. The van der Waals surface area contributed by atoms with Crippen LogP contribution in [0, 0.1) is 0 Å². The van der Waals surface area contributed by atoms with Gasteiger partial charge in [0.15, 0.2) is 0 Å². The van der Waals surface area contributed by atoms with Crippen LogP contribution in [0.4, 0.5) is 0 Å². The Kier molecular flexibility index (Phi) is 5.41. The lowest BCUT2D eigenvalue weighted by molar-refractivity contribution is -0.402. The summed E-state index contributed by atoms with van der Waals surface area (Å²) in [7, 11) is 2.11. The lowest BCUT2D eigenvalue weighted by Crippen LogP contribution is -2.91. The maximum atomic E-state index is 6.81. The third-order valence-corrected chi connectivity index (χ3v) is 7.51. The molecule has 158 valence electrons. The Labute approximate surface area is 170 Å². The van der Waals surface area contributed by atoms with Crippen LogP contribution in [0.15, 0.2) is 12.3 Å². The van der Waals surface area contributed by atoms with E-state index in [0.29, 0.717) is 0 Å². The second-order valence-corrected chi connectivity index (χ2v) is 8.92. The third-order valence-electron chi connectivity index (χ3n) is 7.51. The zero-order valence-electron chi connectivity index (χ0n) is 17.6. The van der Waals surface area contributed by atoms with Crippen molar-refractivity contribution in [2.24, 2.45) is 0 Å². The molecular formula is C21H38N6O. The molecule has 0 bridgehead atoms. The molecule has 4 fully saturated rings. The molecule has 0 radical (unpaired) electrons. The number of hydrogen-bond donors (Lipinski definition) is 1. The summed E-state index contributed by atoms with van der Waals surface area (Å²) in [5.41, 5.74) is 0. The topological polar surface area (TPSA) is 37.5 Å². The van der Waals surface area contributed by atoms with E-state index in [1.807, 2.05) is 0 Å². The molecule has 2 atom stereocenters. The van der Waals surface area contributed by atoms with Crippen molar-refractivity contribution in [3.63, 3.8) is 0 Å². The summed E-state index contributed by atoms with van der Waals surface area (Å²) in [5, 5.41) is 9.15. The number of hydrogen-bond acceptors (Lipinski definition) is 7. The first-order valence-corrected chi connectivity index (χ1v) is 11.6. The van der Waals surface area contributed by atoms with Crippen LogP contribution in [0.1, 0.15) is 44.9 Å². The highest BCUT2D eigenvalue weighted by Gasteiger charge is 2.69. The molecule has 4 saturated heterocycles. The first-order chi connectivity index (χ1) is 13.8. The Morgan fingerprint density at radius 3 is 2.11 bits per heavy atom. The summed E-state index contributed by atoms with van der Waals surface area (Å²) in [6.07, 6.45) is 13.6. The van der Waals surface area contributed by atoms with E-state index in [4.69, 9.17) is 4.74 Å².